The summed E-state index contributed by atoms with van der Waals surface area (Å²) in [5.74, 6) is -0.142. The molecule has 0 radical (unpaired) electrons. The maximum atomic E-state index is 12.0. The van der Waals surface area contributed by atoms with Crippen molar-refractivity contribution in [2.75, 3.05) is 11.9 Å². The van der Waals surface area contributed by atoms with Crippen molar-refractivity contribution in [3.8, 4) is 6.19 Å². The van der Waals surface area contributed by atoms with Gasteiger partial charge < -0.3 is 0 Å². The lowest BCUT2D eigenvalue weighted by atomic mass is 10.2. The molecule has 0 saturated heterocycles. The van der Waals surface area contributed by atoms with Crippen LogP contribution in [-0.4, -0.2) is 30.4 Å². The van der Waals surface area contributed by atoms with Gasteiger partial charge in [0.25, 0.3) is 10.0 Å². The van der Waals surface area contributed by atoms with Crippen molar-refractivity contribution in [1.82, 2.24) is 4.31 Å². The van der Waals surface area contributed by atoms with Crippen LogP contribution in [-0.2, 0) is 10.0 Å². The monoisotopic (exact) mass is 330 g/mol. The zero-order chi connectivity index (χ0) is 13.8. The molecule has 0 amide bonds. The van der Waals surface area contributed by atoms with Gasteiger partial charge in [0.2, 0.25) is 0 Å². The molecule has 0 spiro atoms. The second-order valence-electron chi connectivity index (χ2n) is 3.45. The van der Waals surface area contributed by atoms with Crippen LogP contribution in [0.15, 0.2) is 29.2 Å². The zero-order valence-corrected chi connectivity index (χ0v) is 12.0. The smallest absolute Gasteiger partial charge is 0.272 e. The molecular formula is C11H11BrN2O3S. The van der Waals surface area contributed by atoms with Crippen LogP contribution in [0.25, 0.3) is 0 Å². The van der Waals surface area contributed by atoms with E-state index in [1.54, 1.807) is 6.19 Å². The molecule has 1 rings (SSSR count). The Kier molecular flexibility index (Phi) is 4.87. The van der Waals surface area contributed by atoms with Crippen LogP contribution in [0.5, 0.6) is 0 Å². The number of hydrogen-bond donors (Lipinski definition) is 0. The fourth-order valence-corrected chi connectivity index (χ4v) is 3.05. The summed E-state index contributed by atoms with van der Waals surface area (Å²) < 4.78 is 24.8. The number of hydrogen-bond acceptors (Lipinski definition) is 4. The van der Waals surface area contributed by atoms with E-state index in [0.717, 1.165) is 0 Å². The van der Waals surface area contributed by atoms with E-state index in [9.17, 15) is 13.2 Å². The van der Waals surface area contributed by atoms with Gasteiger partial charge in [0.1, 0.15) is 0 Å². The molecule has 96 valence electrons. The maximum Gasteiger partial charge on any atom is 0.272 e. The quantitative estimate of drug-likeness (QED) is 0.356. The summed E-state index contributed by atoms with van der Waals surface area (Å²) in [6, 6.07) is 5.51. The summed E-state index contributed by atoms with van der Waals surface area (Å²) in [4.78, 5) is 11.1. The number of halogens is 1. The normalized spacial score (nSPS) is 10.7. The number of alkyl halides is 1. The van der Waals surface area contributed by atoms with Gasteiger partial charge in [-0.3, -0.25) is 4.79 Å². The van der Waals surface area contributed by atoms with Gasteiger partial charge in [-0.15, -0.1) is 0 Å². The number of carbonyl (C=O) groups excluding carboxylic acids is 1. The van der Waals surface area contributed by atoms with E-state index >= 15 is 0 Å². The number of rotatable bonds is 5. The molecular weight excluding hydrogens is 320 g/mol. The lowest BCUT2D eigenvalue weighted by Crippen LogP contribution is -2.28. The minimum Gasteiger partial charge on any atom is -0.295 e. The van der Waals surface area contributed by atoms with Crippen LogP contribution < -0.4 is 0 Å². The molecule has 0 aliphatic rings. The van der Waals surface area contributed by atoms with Crippen LogP contribution >= 0.6 is 15.9 Å². The van der Waals surface area contributed by atoms with E-state index < -0.39 is 10.0 Å². The summed E-state index contributed by atoms with van der Waals surface area (Å²) in [5.41, 5.74) is 0.429. The van der Waals surface area contributed by atoms with Gasteiger partial charge in [0.05, 0.1) is 11.4 Å². The van der Waals surface area contributed by atoms with Gasteiger partial charge in [0, 0.05) is 10.9 Å². The molecule has 0 aliphatic heterocycles. The summed E-state index contributed by atoms with van der Waals surface area (Å²) in [6.07, 6.45) is 1.63. The fourth-order valence-electron chi connectivity index (χ4n) is 1.29. The van der Waals surface area contributed by atoms with Crippen molar-refractivity contribution in [3.63, 3.8) is 0 Å². The van der Waals surface area contributed by atoms with E-state index in [-0.39, 0.29) is 17.2 Å². The highest BCUT2D eigenvalue weighted by Gasteiger charge is 2.22. The molecule has 0 heterocycles. The highest BCUT2D eigenvalue weighted by atomic mass is 79.9. The average Bonchev–Trinajstić information content (AvgIpc) is 2.35. The molecule has 0 aliphatic carbocycles. The maximum absolute atomic E-state index is 12.0. The predicted molar refractivity (Wildman–Crippen MR) is 69.7 cm³/mol. The molecule has 0 fully saturated rings. The third-order valence-corrected chi connectivity index (χ3v) is 4.32. The number of benzene rings is 1. The van der Waals surface area contributed by atoms with Gasteiger partial charge in [-0.1, -0.05) is 28.1 Å². The molecule has 0 unspecified atom stereocenters. The Bertz CT molecular complexity index is 575. The molecule has 1 aromatic carbocycles. The molecule has 0 atom stereocenters. The van der Waals surface area contributed by atoms with Crippen LogP contribution in [0.3, 0.4) is 0 Å². The minimum absolute atomic E-state index is 0.00463. The van der Waals surface area contributed by atoms with Crippen molar-refractivity contribution in [3.05, 3.63) is 29.8 Å². The van der Waals surface area contributed by atoms with Crippen molar-refractivity contribution in [2.24, 2.45) is 0 Å². The lowest BCUT2D eigenvalue weighted by molar-refractivity contribution is 0.101. The van der Waals surface area contributed by atoms with Gasteiger partial charge in [-0.25, -0.2) is 12.7 Å². The molecule has 0 bridgehead atoms. The first-order chi connectivity index (χ1) is 8.43. The predicted octanol–water partition coefficient (Wildman–Crippen LogP) is 1.76. The number of nitrogens with zero attached hydrogens (tertiary/aromatic N) is 2. The van der Waals surface area contributed by atoms with Gasteiger partial charge >= 0.3 is 0 Å². The Morgan fingerprint density at radius 1 is 1.39 bits per heavy atom. The number of carbonyl (C=O) groups is 1. The molecule has 0 N–H and O–H groups in total. The largest absolute Gasteiger partial charge is 0.295 e. The van der Waals surface area contributed by atoms with Gasteiger partial charge in [-0.05, 0) is 19.1 Å². The fraction of sp³-hybridized carbons (Fsp3) is 0.273. The number of ketones is 1. The zero-order valence-electron chi connectivity index (χ0n) is 9.63. The third-order valence-electron chi connectivity index (χ3n) is 2.25. The van der Waals surface area contributed by atoms with E-state index in [4.69, 9.17) is 5.26 Å². The molecule has 0 aromatic heterocycles. The first kappa shape index (κ1) is 14.7. The highest BCUT2D eigenvalue weighted by molar-refractivity contribution is 9.09. The standard InChI is InChI=1S/C11H11BrN2O3S/c1-9(15)10-2-4-11(5-3-10)18(16,17)14(8-13)7-6-12/h2-5H,6-7H2,1H3. The molecule has 7 heteroatoms. The van der Waals surface area contributed by atoms with E-state index in [0.29, 0.717) is 15.2 Å². The molecule has 5 nitrogen and oxygen atoms in total. The molecule has 1 aromatic rings. The highest BCUT2D eigenvalue weighted by Crippen LogP contribution is 2.16. The van der Waals surface area contributed by atoms with Gasteiger partial charge in [-0.2, -0.15) is 5.26 Å². The van der Waals surface area contributed by atoms with Crippen molar-refractivity contribution in [2.45, 2.75) is 11.8 Å². The minimum atomic E-state index is -3.82. The van der Waals surface area contributed by atoms with Gasteiger partial charge in [0.15, 0.2) is 12.0 Å². The second-order valence-corrected chi connectivity index (χ2v) is 6.10. The average molecular weight is 331 g/mol. The Morgan fingerprint density at radius 2 is 1.94 bits per heavy atom. The number of Topliss-reactive ketones (excluding diaryl/α,β-unsaturated/α-hetero) is 1. The summed E-state index contributed by atoms with van der Waals surface area (Å²) in [6.45, 7) is 1.46. The first-order valence-corrected chi connectivity index (χ1v) is 7.59. The Morgan fingerprint density at radius 3 is 2.33 bits per heavy atom. The van der Waals surface area contributed by atoms with Crippen molar-refractivity contribution >= 4 is 31.7 Å². The number of nitriles is 1. The van der Waals surface area contributed by atoms with Crippen LogP contribution in [0, 0.1) is 11.5 Å². The summed E-state index contributed by atoms with van der Waals surface area (Å²) >= 11 is 3.08. The van der Waals surface area contributed by atoms with Crippen molar-refractivity contribution in [1.29, 1.82) is 5.26 Å². The Hall–Kier alpha value is -1.39. The van der Waals surface area contributed by atoms with Crippen LogP contribution in [0.2, 0.25) is 0 Å². The van der Waals surface area contributed by atoms with Crippen molar-refractivity contribution < 1.29 is 13.2 Å². The second kappa shape index (κ2) is 5.98. The first-order valence-electron chi connectivity index (χ1n) is 5.03. The lowest BCUT2D eigenvalue weighted by Gasteiger charge is -2.14. The SMILES string of the molecule is CC(=O)c1ccc(S(=O)(=O)N(C#N)CCBr)cc1. The topological polar surface area (TPSA) is 78.2 Å². The number of sulfonamides is 1. The van der Waals surface area contributed by atoms with E-state index in [1.807, 2.05) is 0 Å². The molecule has 18 heavy (non-hydrogen) atoms. The van der Waals surface area contributed by atoms with Crippen LogP contribution in [0.1, 0.15) is 17.3 Å². The summed E-state index contributed by atoms with van der Waals surface area (Å²) in [5, 5.41) is 9.19. The molecule has 0 saturated carbocycles. The van der Waals surface area contributed by atoms with E-state index in [2.05, 4.69) is 15.9 Å². The van der Waals surface area contributed by atoms with Crippen LogP contribution in [0.4, 0.5) is 0 Å². The van der Waals surface area contributed by atoms with E-state index in [1.165, 1.54) is 31.2 Å². The Balaban J connectivity index is 3.13. The Labute approximate surface area is 114 Å². The third kappa shape index (κ3) is 3.09. The summed E-state index contributed by atoms with van der Waals surface area (Å²) in [7, 11) is -3.82.